The smallest absolute Gasteiger partial charge is 0.447 e. The second-order valence-corrected chi connectivity index (χ2v) is 2.31. The summed E-state index contributed by atoms with van der Waals surface area (Å²) in [7, 11) is 1.42. The van der Waals surface area contributed by atoms with Crippen molar-refractivity contribution in [3.8, 4) is 0 Å². The molecule has 0 aromatic heterocycles. The van der Waals surface area contributed by atoms with Crippen LogP contribution in [-0.2, 0) is 9.47 Å². The van der Waals surface area contributed by atoms with Gasteiger partial charge < -0.3 is 22.4 Å². The monoisotopic (exact) mass is 210 g/mol. The van der Waals surface area contributed by atoms with E-state index in [0.29, 0.717) is 0 Å². The first-order valence-electron chi connectivity index (χ1n) is 3.27. The fourth-order valence-electron chi connectivity index (χ4n) is 0.556. The summed E-state index contributed by atoms with van der Waals surface area (Å²) in [6.07, 6.45) is -0.497. The topological polar surface area (TPSA) is 18.5 Å². The summed E-state index contributed by atoms with van der Waals surface area (Å²) in [5.41, 5.74) is 0. The fourth-order valence-corrected chi connectivity index (χ4v) is 0.556. The summed E-state index contributed by atoms with van der Waals surface area (Å²) in [6.45, 7) is -4.25. The van der Waals surface area contributed by atoms with E-state index in [9.17, 15) is 12.9 Å². The molecule has 0 aliphatic heterocycles. The van der Waals surface area contributed by atoms with Gasteiger partial charge in [0.15, 0.2) is 0 Å². The normalized spacial score (nSPS) is 13.8. The molecule has 68 valence electrons. The predicted molar refractivity (Wildman–Crippen MR) is 36.4 cm³/mol. The van der Waals surface area contributed by atoms with E-state index in [2.05, 4.69) is 9.47 Å². The first-order chi connectivity index (χ1) is 4.95. The van der Waals surface area contributed by atoms with Crippen molar-refractivity contribution < 1.29 is 73.8 Å². The Balaban J connectivity index is 0. The average Bonchev–Trinajstić information content (AvgIpc) is 1.83. The van der Waals surface area contributed by atoms with Gasteiger partial charge in [-0.15, -0.1) is 0 Å². The van der Waals surface area contributed by atoms with E-state index in [-0.39, 0.29) is 58.0 Å². The Morgan fingerprint density at radius 2 is 1.83 bits per heavy atom. The summed E-state index contributed by atoms with van der Waals surface area (Å²) in [4.78, 5) is 0. The number of halogens is 3. The molecule has 1 atom stereocenters. The summed E-state index contributed by atoms with van der Waals surface area (Å²) in [6, 6.07) is 0. The molecule has 0 heterocycles. The maximum Gasteiger partial charge on any atom is 1.00 e. The molecule has 0 N–H and O–H groups in total. The summed E-state index contributed by atoms with van der Waals surface area (Å²) in [5.74, 6) is 0. The maximum atomic E-state index is 11.6. The van der Waals surface area contributed by atoms with Gasteiger partial charge in [0.1, 0.15) is 0 Å². The van der Waals surface area contributed by atoms with Gasteiger partial charge in [-0.3, -0.25) is 0 Å². The Morgan fingerprint density at radius 1 is 1.33 bits per heavy atom. The van der Waals surface area contributed by atoms with Crippen molar-refractivity contribution in [3.63, 3.8) is 0 Å². The quantitative estimate of drug-likeness (QED) is 0.510. The number of ether oxygens (including phenoxy) is 2. The van der Waals surface area contributed by atoms with Crippen molar-refractivity contribution in [1.82, 2.24) is 0 Å². The maximum absolute atomic E-state index is 11.6. The largest absolute Gasteiger partial charge is 1.00 e. The molecule has 0 saturated carbocycles. The molecule has 0 amide bonds. The van der Waals surface area contributed by atoms with Crippen LogP contribution in [0.5, 0.6) is 0 Å². The van der Waals surface area contributed by atoms with Crippen molar-refractivity contribution >= 4 is 6.98 Å². The Labute approximate surface area is 113 Å². The minimum Gasteiger partial charge on any atom is -0.447 e. The Kier molecular flexibility index (Phi) is 10.3. The molecule has 2 nitrogen and oxygen atoms in total. The number of rotatable bonds is 5. The molecular formula is C5H11BF3KO2. The average molecular weight is 210 g/mol. The van der Waals surface area contributed by atoms with Gasteiger partial charge in [0.25, 0.3) is 0 Å². The van der Waals surface area contributed by atoms with Crippen molar-refractivity contribution in [2.75, 3.05) is 20.2 Å². The van der Waals surface area contributed by atoms with Crippen molar-refractivity contribution in [2.45, 2.75) is 13.0 Å². The van der Waals surface area contributed by atoms with E-state index in [1.54, 1.807) is 0 Å². The molecule has 0 bridgehead atoms. The molecule has 0 aliphatic rings. The molecule has 0 aliphatic carbocycles. The first-order valence-corrected chi connectivity index (χ1v) is 3.27. The van der Waals surface area contributed by atoms with E-state index < -0.39 is 19.6 Å². The first kappa shape index (κ1) is 15.9. The summed E-state index contributed by atoms with van der Waals surface area (Å²) in [5, 5.41) is 0. The SMILES string of the molecule is COCC(C)OC[B-](F)(F)F.[K+]. The van der Waals surface area contributed by atoms with Gasteiger partial charge >= 0.3 is 58.4 Å². The molecule has 1 unspecified atom stereocenters. The second-order valence-electron chi connectivity index (χ2n) is 2.31. The summed E-state index contributed by atoms with van der Waals surface area (Å²) >= 11 is 0. The number of hydrogen-bond donors (Lipinski definition) is 0. The molecule has 0 radical (unpaired) electrons. The van der Waals surface area contributed by atoms with Gasteiger partial charge in [-0.05, 0) is 6.92 Å². The second kappa shape index (κ2) is 7.78. The molecular weight excluding hydrogens is 199 g/mol. The molecule has 0 fully saturated rings. The van der Waals surface area contributed by atoms with E-state index in [4.69, 9.17) is 0 Å². The van der Waals surface area contributed by atoms with Gasteiger partial charge in [0, 0.05) is 13.6 Å². The van der Waals surface area contributed by atoms with Gasteiger partial charge in [0.05, 0.1) is 12.7 Å². The van der Waals surface area contributed by atoms with Crippen molar-refractivity contribution in [3.05, 3.63) is 0 Å². The molecule has 0 aromatic rings. The minimum atomic E-state index is -4.82. The standard InChI is InChI=1S/C5H11BF3O2.K/c1-5(3-10-2)11-4-6(7,8)9;/h5H,3-4H2,1-2H3;/q-1;+1. The van der Waals surface area contributed by atoms with Crippen LogP contribution in [0.15, 0.2) is 0 Å². The Morgan fingerprint density at radius 3 is 2.17 bits per heavy atom. The Hall–Kier alpha value is 1.41. The van der Waals surface area contributed by atoms with Crippen LogP contribution in [0.25, 0.3) is 0 Å². The van der Waals surface area contributed by atoms with E-state index in [1.807, 2.05) is 0 Å². The van der Waals surface area contributed by atoms with E-state index >= 15 is 0 Å². The van der Waals surface area contributed by atoms with Crippen LogP contribution in [0, 0.1) is 0 Å². The van der Waals surface area contributed by atoms with Crippen LogP contribution in [0.2, 0.25) is 0 Å². The van der Waals surface area contributed by atoms with Crippen molar-refractivity contribution in [1.29, 1.82) is 0 Å². The van der Waals surface area contributed by atoms with Crippen LogP contribution >= 0.6 is 0 Å². The molecule has 0 saturated heterocycles. The van der Waals surface area contributed by atoms with E-state index in [1.165, 1.54) is 14.0 Å². The van der Waals surface area contributed by atoms with Gasteiger partial charge in [-0.1, -0.05) is 0 Å². The van der Waals surface area contributed by atoms with Gasteiger partial charge in [-0.2, -0.15) is 0 Å². The number of methoxy groups -OCH3 is 1. The Bertz CT molecular complexity index is 111. The molecule has 12 heavy (non-hydrogen) atoms. The van der Waals surface area contributed by atoms with Crippen LogP contribution in [-0.4, -0.2) is 33.3 Å². The van der Waals surface area contributed by atoms with Crippen LogP contribution in [0.1, 0.15) is 6.92 Å². The zero-order valence-electron chi connectivity index (χ0n) is 7.52. The summed E-state index contributed by atoms with van der Waals surface area (Å²) < 4.78 is 43.7. The van der Waals surface area contributed by atoms with Crippen molar-refractivity contribution in [2.24, 2.45) is 0 Å². The van der Waals surface area contributed by atoms with E-state index in [0.717, 1.165) is 0 Å². The minimum absolute atomic E-state index is 0. The third-order valence-corrected chi connectivity index (χ3v) is 0.971. The zero-order chi connectivity index (χ0) is 8.91. The zero-order valence-corrected chi connectivity index (χ0v) is 10.6. The number of hydrogen-bond acceptors (Lipinski definition) is 2. The molecule has 7 heteroatoms. The molecule has 0 rings (SSSR count). The van der Waals surface area contributed by atoms with Crippen LogP contribution in [0.3, 0.4) is 0 Å². The molecule has 0 spiro atoms. The van der Waals surface area contributed by atoms with Crippen LogP contribution < -0.4 is 51.4 Å². The van der Waals surface area contributed by atoms with Gasteiger partial charge in [-0.25, -0.2) is 0 Å². The van der Waals surface area contributed by atoms with Crippen LogP contribution in [0.4, 0.5) is 12.9 Å². The molecule has 0 aromatic carbocycles. The fraction of sp³-hybridized carbons (Fsp3) is 1.00. The third-order valence-electron chi connectivity index (χ3n) is 0.971. The van der Waals surface area contributed by atoms with Gasteiger partial charge in [0.2, 0.25) is 0 Å². The predicted octanol–water partition coefficient (Wildman–Crippen LogP) is -1.57. The third kappa shape index (κ3) is 11.4.